The Morgan fingerprint density at radius 2 is 2.33 bits per heavy atom. The monoisotopic (exact) mass is 253 g/mol. The molecule has 0 saturated heterocycles. The van der Waals surface area contributed by atoms with Crippen LogP contribution in [0.2, 0.25) is 0 Å². The predicted octanol–water partition coefficient (Wildman–Crippen LogP) is 0.785. The zero-order valence-electron chi connectivity index (χ0n) is 8.95. The Balaban J connectivity index is 2.30. The van der Waals surface area contributed by atoms with Gasteiger partial charge in [0.1, 0.15) is 5.69 Å². The van der Waals surface area contributed by atoms with Gasteiger partial charge in [-0.3, -0.25) is 4.98 Å². The molecule has 18 heavy (non-hydrogen) atoms. The summed E-state index contributed by atoms with van der Waals surface area (Å²) in [5.74, 6) is -1.94. The van der Waals surface area contributed by atoms with Gasteiger partial charge in [0.05, 0.1) is 6.20 Å². The lowest BCUT2D eigenvalue weighted by molar-refractivity contribution is -0.139. The molecule has 0 unspecified atom stereocenters. The van der Waals surface area contributed by atoms with Crippen LogP contribution in [0.4, 0.5) is 4.39 Å². The molecule has 2 aromatic rings. The number of aliphatic carboxylic acids is 1. The molecule has 0 fully saturated rings. The Bertz CT molecular complexity index is 584. The lowest BCUT2D eigenvalue weighted by Crippen LogP contribution is -2.09. The number of hydrogen-bond donors (Lipinski definition) is 2. The Morgan fingerprint density at radius 1 is 1.56 bits per heavy atom. The number of hydrogen-bond acceptors (Lipinski definition) is 5. The van der Waals surface area contributed by atoms with Crippen LogP contribution in [-0.4, -0.2) is 37.8 Å². The first-order valence-electron chi connectivity index (χ1n) is 4.81. The number of carbonyl (C=O) groups is 1. The van der Waals surface area contributed by atoms with E-state index in [1.165, 1.54) is 18.3 Å². The molecule has 0 aliphatic heterocycles. The second-order valence-electron chi connectivity index (χ2n) is 3.30. The first-order chi connectivity index (χ1) is 8.58. The molecule has 8 heteroatoms. The molecule has 0 radical (unpaired) electrons. The van der Waals surface area contributed by atoms with Crippen LogP contribution in [-0.2, 0) is 4.79 Å². The van der Waals surface area contributed by atoms with Gasteiger partial charge in [0, 0.05) is 17.8 Å². The van der Waals surface area contributed by atoms with Crippen LogP contribution in [0.15, 0.2) is 24.5 Å². The van der Waals surface area contributed by atoms with E-state index in [1.807, 2.05) is 0 Å². The summed E-state index contributed by atoms with van der Waals surface area (Å²) >= 11 is 0. The number of rotatable bonds is 4. The smallest absolute Gasteiger partial charge is 0.341 e. The maximum absolute atomic E-state index is 13.4. The second kappa shape index (κ2) is 4.70. The zero-order chi connectivity index (χ0) is 13.1. The van der Waals surface area contributed by atoms with Crippen LogP contribution in [0.5, 0.6) is 5.88 Å². The van der Waals surface area contributed by atoms with Crippen molar-refractivity contribution in [1.29, 1.82) is 0 Å². The quantitative estimate of drug-likeness (QED) is 0.781. The number of halogens is 1. The molecule has 0 bridgehead atoms. The molecular weight excluding hydrogens is 245 g/mol. The highest BCUT2D eigenvalue weighted by molar-refractivity contribution is 5.68. The van der Waals surface area contributed by atoms with Gasteiger partial charge >= 0.3 is 5.97 Å². The summed E-state index contributed by atoms with van der Waals surface area (Å²) in [6.45, 7) is -0.602. The van der Waals surface area contributed by atoms with Gasteiger partial charge < -0.3 is 15.1 Å². The van der Waals surface area contributed by atoms with E-state index < -0.39 is 18.4 Å². The molecular formula is C10H8FN3O4. The Morgan fingerprint density at radius 3 is 3.00 bits per heavy atom. The second-order valence-corrected chi connectivity index (χ2v) is 3.30. The van der Waals surface area contributed by atoms with Crippen molar-refractivity contribution in [3.63, 3.8) is 0 Å². The maximum atomic E-state index is 13.4. The van der Waals surface area contributed by atoms with E-state index >= 15 is 0 Å². The van der Waals surface area contributed by atoms with Crippen LogP contribution in [0, 0.1) is 5.82 Å². The van der Waals surface area contributed by atoms with Gasteiger partial charge in [-0.1, -0.05) is 9.94 Å². The molecule has 2 rings (SSSR count). The molecule has 0 aliphatic rings. The molecule has 2 heterocycles. The van der Waals surface area contributed by atoms with Gasteiger partial charge in [0.2, 0.25) is 5.88 Å². The topological polar surface area (TPSA) is 97.5 Å². The van der Waals surface area contributed by atoms with Gasteiger partial charge in [0.25, 0.3) is 0 Å². The van der Waals surface area contributed by atoms with Crippen molar-refractivity contribution >= 4 is 5.97 Å². The number of carboxylic acid groups (broad SMARTS) is 1. The van der Waals surface area contributed by atoms with Crippen molar-refractivity contribution in [2.75, 3.05) is 6.61 Å². The van der Waals surface area contributed by atoms with Gasteiger partial charge in [-0.15, -0.1) is 0 Å². The summed E-state index contributed by atoms with van der Waals surface area (Å²) in [6.07, 6.45) is 2.34. The molecule has 0 aliphatic carbocycles. The summed E-state index contributed by atoms with van der Waals surface area (Å²) in [5.41, 5.74) is 0.112. The summed E-state index contributed by atoms with van der Waals surface area (Å²) in [7, 11) is 0. The van der Waals surface area contributed by atoms with E-state index in [2.05, 4.69) is 10.1 Å². The minimum absolute atomic E-state index is 0.0373. The molecule has 0 aromatic carbocycles. The van der Waals surface area contributed by atoms with Crippen molar-refractivity contribution < 1.29 is 24.2 Å². The minimum Gasteiger partial charge on any atom is -0.479 e. The van der Waals surface area contributed by atoms with Gasteiger partial charge in [-0.05, 0) is 6.07 Å². The van der Waals surface area contributed by atoms with E-state index in [0.717, 1.165) is 6.20 Å². The lowest BCUT2D eigenvalue weighted by atomic mass is 10.2. The fraction of sp³-hybridized carbons (Fsp3) is 0.100. The lowest BCUT2D eigenvalue weighted by Gasteiger charge is -1.99. The minimum atomic E-state index is -1.18. The third-order valence-corrected chi connectivity index (χ3v) is 2.06. The van der Waals surface area contributed by atoms with E-state index in [9.17, 15) is 14.4 Å². The van der Waals surface area contributed by atoms with Crippen molar-refractivity contribution in [3.05, 3.63) is 30.3 Å². The van der Waals surface area contributed by atoms with Crippen molar-refractivity contribution in [2.45, 2.75) is 0 Å². The van der Waals surface area contributed by atoms with Crippen LogP contribution >= 0.6 is 0 Å². The molecule has 2 aromatic heterocycles. The fourth-order valence-corrected chi connectivity index (χ4v) is 1.33. The summed E-state index contributed by atoms with van der Waals surface area (Å²) in [4.78, 5) is 14.3. The van der Waals surface area contributed by atoms with Crippen molar-refractivity contribution in [1.82, 2.24) is 14.9 Å². The largest absolute Gasteiger partial charge is 0.479 e. The average Bonchev–Trinajstić information content (AvgIpc) is 2.69. The van der Waals surface area contributed by atoms with Gasteiger partial charge in [0.15, 0.2) is 12.4 Å². The fourth-order valence-electron chi connectivity index (χ4n) is 1.33. The molecule has 7 nitrogen and oxygen atoms in total. The highest BCUT2D eigenvalue weighted by atomic mass is 19.1. The van der Waals surface area contributed by atoms with Crippen molar-refractivity contribution in [3.8, 4) is 17.1 Å². The van der Waals surface area contributed by atoms with E-state index in [1.54, 1.807) is 0 Å². The highest BCUT2D eigenvalue weighted by Crippen LogP contribution is 2.24. The first-order valence-corrected chi connectivity index (χ1v) is 4.81. The molecule has 0 spiro atoms. The summed E-state index contributed by atoms with van der Waals surface area (Å²) < 4.78 is 18.2. The third-order valence-electron chi connectivity index (χ3n) is 2.06. The number of aromatic nitrogens is 3. The molecule has 0 saturated carbocycles. The van der Waals surface area contributed by atoms with E-state index in [0.29, 0.717) is 4.85 Å². The normalized spacial score (nSPS) is 10.3. The first kappa shape index (κ1) is 11.8. The van der Waals surface area contributed by atoms with Crippen molar-refractivity contribution in [2.24, 2.45) is 0 Å². The Labute approximate surface area is 100 Å². The maximum Gasteiger partial charge on any atom is 0.341 e. The molecule has 0 amide bonds. The molecule has 94 valence electrons. The van der Waals surface area contributed by atoms with Crippen LogP contribution in [0.3, 0.4) is 0 Å². The standard InChI is InChI=1S/C10H8FN3O4/c11-7-4-12-2-1-6(7)8-3-9(13-14(8)17)18-5-10(15)16/h1-4,17H,5H2,(H,15,16). The molecule has 2 N–H and O–H groups in total. The molecule has 0 atom stereocenters. The number of nitrogens with zero attached hydrogens (tertiary/aromatic N) is 3. The average molecular weight is 253 g/mol. The number of carboxylic acids is 1. The third kappa shape index (κ3) is 2.37. The summed E-state index contributed by atoms with van der Waals surface area (Å²) in [5, 5.41) is 21.4. The van der Waals surface area contributed by atoms with Gasteiger partial charge in [-0.2, -0.15) is 0 Å². The van der Waals surface area contributed by atoms with E-state index in [4.69, 9.17) is 9.84 Å². The Kier molecular flexibility index (Phi) is 3.09. The van der Waals surface area contributed by atoms with Gasteiger partial charge in [-0.25, -0.2) is 9.18 Å². The van der Waals surface area contributed by atoms with E-state index in [-0.39, 0.29) is 17.1 Å². The summed E-state index contributed by atoms with van der Waals surface area (Å²) in [6, 6.07) is 2.57. The number of pyridine rings is 1. The Hall–Kier alpha value is -2.64. The van der Waals surface area contributed by atoms with Crippen LogP contribution in [0.25, 0.3) is 11.3 Å². The zero-order valence-corrected chi connectivity index (χ0v) is 8.95. The van der Waals surface area contributed by atoms with Crippen LogP contribution < -0.4 is 4.74 Å². The van der Waals surface area contributed by atoms with Crippen LogP contribution in [0.1, 0.15) is 0 Å². The number of ether oxygens (including phenoxy) is 1. The SMILES string of the molecule is O=C(O)COc1cc(-c2ccncc2F)n(O)n1. The highest BCUT2D eigenvalue weighted by Gasteiger charge is 2.14. The predicted molar refractivity (Wildman–Crippen MR) is 55.7 cm³/mol.